The van der Waals surface area contributed by atoms with Crippen LogP contribution in [0.3, 0.4) is 0 Å². The molecule has 190 valence electrons. The first kappa shape index (κ1) is 25.1. The van der Waals surface area contributed by atoms with Gasteiger partial charge in [-0.3, -0.25) is 4.98 Å². The number of nitrogen functional groups attached to an aromatic ring is 1. The molecule has 0 unspecified atom stereocenters. The summed E-state index contributed by atoms with van der Waals surface area (Å²) >= 11 is 0. The van der Waals surface area contributed by atoms with E-state index in [2.05, 4.69) is 34.6 Å². The highest BCUT2D eigenvalue weighted by Gasteiger charge is 2.52. The molecule has 1 amide bonds. The summed E-state index contributed by atoms with van der Waals surface area (Å²) < 4.78 is 18.2. The summed E-state index contributed by atoms with van der Waals surface area (Å²) in [7, 11) is -0.666. The van der Waals surface area contributed by atoms with Crippen molar-refractivity contribution in [2.24, 2.45) is 0 Å². The normalized spacial score (nSPS) is 17.8. The average molecular weight is 497 g/mol. The highest BCUT2D eigenvalue weighted by Crippen LogP contribution is 2.44. The number of fused-ring (bicyclic) bond motifs is 3. The molecule has 2 heterocycles. The average Bonchev–Trinajstić information content (AvgIpc) is 3.30. The maximum atomic E-state index is 12.8. The van der Waals surface area contributed by atoms with Crippen molar-refractivity contribution in [1.29, 1.82) is 0 Å². The zero-order valence-corrected chi connectivity index (χ0v) is 21.7. The van der Waals surface area contributed by atoms with Gasteiger partial charge in [0.2, 0.25) is 0 Å². The van der Waals surface area contributed by atoms with Gasteiger partial charge in [0.05, 0.1) is 22.6 Å². The lowest BCUT2D eigenvalue weighted by atomic mass is 9.77. The number of carbonyl (C=O) groups is 1. The summed E-state index contributed by atoms with van der Waals surface area (Å²) in [5, 5.41) is 2.87. The number of nitrogens with zero attached hydrogens (tertiary/aromatic N) is 1. The van der Waals surface area contributed by atoms with E-state index in [9.17, 15) is 4.79 Å². The molecular weight excluding hydrogens is 465 g/mol. The number of anilines is 1. The quantitative estimate of drug-likeness (QED) is 0.454. The Morgan fingerprint density at radius 3 is 2.19 bits per heavy atom. The first-order valence-corrected chi connectivity index (χ1v) is 12.5. The summed E-state index contributed by atoms with van der Waals surface area (Å²) in [6.07, 6.45) is 2.96. The van der Waals surface area contributed by atoms with Gasteiger partial charge in [0.25, 0.3) is 0 Å². The number of carbonyl (C=O) groups excluding carboxylic acids is 1. The standard InChI is InChI=1S/C29H32BN3O4/c1-28(2)29(3,4)37-30(36-28)19(16-26-25(31)14-9-15-32-26)17-33-27(34)35-18-24-22-12-7-5-10-20(22)21-11-6-8-13-23(21)24/h5-16,24H,17-18,31H2,1-4H3,(H,33,34). The van der Waals surface area contributed by atoms with Crippen molar-refractivity contribution in [2.45, 2.75) is 44.8 Å². The Morgan fingerprint density at radius 1 is 1.00 bits per heavy atom. The largest absolute Gasteiger partial charge is 0.492 e. The highest BCUT2D eigenvalue weighted by molar-refractivity contribution is 6.56. The van der Waals surface area contributed by atoms with E-state index in [1.165, 1.54) is 22.3 Å². The molecule has 2 aliphatic rings. The smallest absolute Gasteiger partial charge is 0.449 e. The molecule has 7 nitrogen and oxygen atoms in total. The number of hydrogen-bond donors (Lipinski definition) is 2. The van der Waals surface area contributed by atoms with Crippen LogP contribution in [0.5, 0.6) is 0 Å². The molecule has 1 fully saturated rings. The van der Waals surface area contributed by atoms with Crippen LogP contribution in [0.4, 0.5) is 10.5 Å². The molecule has 0 saturated carbocycles. The monoisotopic (exact) mass is 497 g/mol. The van der Waals surface area contributed by atoms with Gasteiger partial charge in [-0.25, -0.2) is 4.79 Å². The minimum atomic E-state index is -0.666. The molecule has 1 aliphatic heterocycles. The van der Waals surface area contributed by atoms with E-state index in [0.717, 1.165) is 0 Å². The van der Waals surface area contributed by atoms with Crippen LogP contribution in [0.15, 0.2) is 72.3 Å². The molecule has 0 radical (unpaired) electrons. The number of nitrogens with one attached hydrogen (secondary N) is 1. The number of aromatic nitrogens is 1. The molecular formula is C29H32BN3O4. The van der Waals surface area contributed by atoms with E-state index < -0.39 is 24.4 Å². The van der Waals surface area contributed by atoms with Gasteiger partial charge in [0.1, 0.15) is 6.61 Å². The number of pyridine rings is 1. The first-order chi connectivity index (χ1) is 17.7. The van der Waals surface area contributed by atoms with E-state index in [1.54, 1.807) is 24.4 Å². The molecule has 5 rings (SSSR count). The Labute approximate surface area is 218 Å². The molecule has 1 saturated heterocycles. The van der Waals surface area contributed by atoms with Crippen molar-refractivity contribution >= 4 is 25.0 Å². The van der Waals surface area contributed by atoms with Crippen molar-refractivity contribution in [3.8, 4) is 11.1 Å². The van der Waals surface area contributed by atoms with Crippen LogP contribution >= 0.6 is 0 Å². The molecule has 0 atom stereocenters. The van der Waals surface area contributed by atoms with Gasteiger partial charge in [-0.2, -0.15) is 0 Å². The molecule has 3 aromatic rings. The summed E-state index contributed by atoms with van der Waals surface area (Å²) in [6, 6.07) is 20.1. The zero-order valence-electron chi connectivity index (χ0n) is 21.7. The van der Waals surface area contributed by atoms with Crippen LogP contribution in [0.25, 0.3) is 17.2 Å². The Balaban J connectivity index is 1.30. The minimum Gasteiger partial charge on any atom is -0.449 e. The fourth-order valence-corrected chi connectivity index (χ4v) is 4.75. The van der Waals surface area contributed by atoms with Crippen molar-refractivity contribution in [2.75, 3.05) is 18.9 Å². The van der Waals surface area contributed by atoms with Crippen molar-refractivity contribution in [3.63, 3.8) is 0 Å². The molecule has 0 bridgehead atoms. The van der Waals surface area contributed by atoms with E-state index in [-0.39, 0.29) is 19.1 Å². The predicted octanol–water partition coefficient (Wildman–Crippen LogP) is 5.22. The third-order valence-electron chi connectivity index (χ3n) is 7.53. The lowest BCUT2D eigenvalue weighted by Gasteiger charge is -2.32. The van der Waals surface area contributed by atoms with Gasteiger partial charge >= 0.3 is 13.2 Å². The second-order valence-corrected chi connectivity index (χ2v) is 10.5. The van der Waals surface area contributed by atoms with Crippen molar-refractivity contribution in [1.82, 2.24) is 10.3 Å². The molecule has 1 aromatic heterocycles. The van der Waals surface area contributed by atoms with E-state index in [4.69, 9.17) is 19.8 Å². The van der Waals surface area contributed by atoms with E-state index in [0.29, 0.717) is 16.9 Å². The molecule has 2 aromatic carbocycles. The molecule has 1 aliphatic carbocycles. The summed E-state index contributed by atoms with van der Waals surface area (Å²) in [4.78, 5) is 17.2. The topological polar surface area (TPSA) is 95.7 Å². The summed E-state index contributed by atoms with van der Waals surface area (Å²) in [6.45, 7) is 8.33. The Morgan fingerprint density at radius 2 is 1.59 bits per heavy atom. The van der Waals surface area contributed by atoms with Crippen LogP contribution in [0.1, 0.15) is 50.4 Å². The predicted molar refractivity (Wildman–Crippen MR) is 146 cm³/mol. The lowest BCUT2D eigenvalue weighted by molar-refractivity contribution is 0.00578. The third kappa shape index (κ3) is 4.87. The molecule has 0 spiro atoms. The number of rotatable bonds is 6. The van der Waals surface area contributed by atoms with Crippen LogP contribution < -0.4 is 11.1 Å². The van der Waals surface area contributed by atoms with Gasteiger partial charge in [-0.05, 0) is 73.6 Å². The SMILES string of the molecule is CC1(C)OB(C(=Cc2ncccc2N)CNC(=O)OCC2c3ccccc3-c3ccccc32)OC1(C)C. The fraction of sp³-hybridized carbons (Fsp3) is 0.310. The fourth-order valence-electron chi connectivity index (χ4n) is 4.75. The summed E-state index contributed by atoms with van der Waals surface area (Å²) in [5.41, 5.74) is 11.6. The van der Waals surface area contributed by atoms with Crippen LogP contribution in [-0.2, 0) is 14.0 Å². The second-order valence-electron chi connectivity index (χ2n) is 10.5. The number of benzene rings is 2. The minimum absolute atomic E-state index is 0.00965. The molecule has 8 heteroatoms. The number of alkyl carbamates (subject to hydrolysis) is 1. The molecule has 37 heavy (non-hydrogen) atoms. The van der Waals surface area contributed by atoms with Crippen LogP contribution in [-0.4, -0.2) is 42.5 Å². The van der Waals surface area contributed by atoms with Gasteiger partial charge in [0, 0.05) is 18.7 Å². The van der Waals surface area contributed by atoms with Crippen molar-refractivity contribution in [3.05, 3.63) is 89.2 Å². The third-order valence-corrected chi connectivity index (χ3v) is 7.53. The number of nitrogens with two attached hydrogens (primary N) is 1. The van der Waals surface area contributed by atoms with Gasteiger partial charge in [-0.15, -0.1) is 0 Å². The maximum Gasteiger partial charge on any atom is 0.492 e. The lowest BCUT2D eigenvalue weighted by Crippen LogP contribution is -2.41. The maximum absolute atomic E-state index is 12.8. The van der Waals surface area contributed by atoms with Crippen LogP contribution in [0, 0.1) is 0 Å². The van der Waals surface area contributed by atoms with E-state index in [1.807, 2.05) is 52.0 Å². The highest BCUT2D eigenvalue weighted by atomic mass is 16.7. The second kappa shape index (κ2) is 9.69. The Bertz CT molecular complexity index is 1290. The first-order valence-electron chi connectivity index (χ1n) is 12.5. The Kier molecular flexibility index (Phi) is 6.56. The van der Waals surface area contributed by atoms with Gasteiger partial charge in [0.15, 0.2) is 0 Å². The van der Waals surface area contributed by atoms with Gasteiger partial charge < -0.3 is 25.1 Å². The van der Waals surface area contributed by atoms with E-state index >= 15 is 0 Å². The Hall–Kier alpha value is -3.62. The number of hydrogen-bond acceptors (Lipinski definition) is 6. The van der Waals surface area contributed by atoms with Crippen LogP contribution in [0.2, 0.25) is 0 Å². The summed E-state index contributed by atoms with van der Waals surface area (Å²) in [5.74, 6) is -0.00965. The number of ether oxygens (including phenoxy) is 1. The molecule has 3 N–H and O–H groups in total. The van der Waals surface area contributed by atoms with Gasteiger partial charge in [-0.1, -0.05) is 48.5 Å². The number of amides is 1. The van der Waals surface area contributed by atoms with Crippen molar-refractivity contribution < 1.29 is 18.8 Å². The zero-order chi connectivity index (χ0) is 26.2.